The molecule has 1 aromatic carbocycles. The third-order valence-electron chi connectivity index (χ3n) is 4.09. The van der Waals surface area contributed by atoms with Crippen LogP contribution < -0.4 is 4.74 Å². The van der Waals surface area contributed by atoms with Crippen molar-refractivity contribution >= 4 is 20.9 Å². The Hall–Kier alpha value is -3.46. The van der Waals surface area contributed by atoms with Gasteiger partial charge in [-0.3, -0.25) is 4.98 Å². The van der Waals surface area contributed by atoms with Crippen LogP contribution in [0.3, 0.4) is 0 Å². The number of hydrogen-bond acceptors (Lipinski definition) is 7. The third-order valence-corrected chi connectivity index (χ3v) is 5.73. The third kappa shape index (κ3) is 3.39. The summed E-state index contributed by atoms with van der Waals surface area (Å²) in [5.74, 6) is 1.15. The number of H-pyrrole nitrogens is 1. The molecule has 28 heavy (non-hydrogen) atoms. The second-order valence-corrected chi connectivity index (χ2v) is 8.20. The fourth-order valence-electron chi connectivity index (χ4n) is 2.65. The van der Waals surface area contributed by atoms with Crippen LogP contribution in [-0.2, 0) is 9.84 Å². The molecule has 0 saturated carbocycles. The zero-order chi connectivity index (χ0) is 19.7. The van der Waals surface area contributed by atoms with E-state index in [9.17, 15) is 13.5 Å². The van der Waals surface area contributed by atoms with E-state index in [4.69, 9.17) is 4.74 Å². The molecule has 0 spiro atoms. The van der Waals surface area contributed by atoms with Crippen LogP contribution in [0.5, 0.6) is 17.2 Å². The minimum absolute atomic E-state index is 0.00535. The fraction of sp³-hybridized carbons (Fsp3) is 0.105. The van der Waals surface area contributed by atoms with Gasteiger partial charge in [0.05, 0.1) is 17.5 Å². The molecule has 0 fully saturated rings. The molecular weight excluding hydrogens is 380 g/mol. The summed E-state index contributed by atoms with van der Waals surface area (Å²) in [4.78, 5) is 15.7. The lowest BCUT2D eigenvalue weighted by Crippen LogP contribution is -2.05. The summed E-state index contributed by atoms with van der Waals surface area (Å²) in [5, 5.41) is 10.3. The molecule has 142 valence electrons. The second kappa shape index (κ2) is 6.93. The molecule has 0 aliphatic heterocycles. The van der Waals surface area contributed by atoms with Crippen LogP contribution in [0.4, 0.5) is 0 Å². The number of nitrogens with one attached hydrogen (secondary N) is 1. The number of benzene rings is 1. The number of ether oxygens (including phenoxy) is 1. The molecule has 3 heterocycles. The smallest absolute Gasteiger partial charge is 0.195 e. The summed E-state index contributed by atoms with van der Waals surface area (Å²) in [6.45, 7) is 1.56. The van der Waals surface area contributed by atoms with Gasteiger partial charge < -0.3 is 14.8 Å². The maximum Gasteiger partial charge on any atom is 0.195 e. The summed E-state index contributed by atoms with van der Waals surface area (Å²) < 4.78 is 29.4. The van der Waals surface area contributed by atoms with Crippen LogP contribution in [-0.4, -0.2) is 39.2 Å². The predicted molar refractivity (Wildman–Crippen MR) is 103 cm³/mol. The maximum absolute atomic E-state index is 11.8. The molecule has 3 aromatic heterocycles. The average Bonchev–Trinajstić information content (AvgIpc) is 3.14. The van der Waals surface area contributed by atoms with E-state index in [2.05, 4.69) is 19.9 Å². The number of nitrogens with zero attached hydrogens (tertiary/aromatic N) is 3. The van der Waals surface area contributed by atoms with Gasteiger partial charge in [-0.1, -0.05) is 13.0 Å². The van der Waals surface area contributed by atoms with Gasteiger partial charge >= 0.3 is 0 Å². The number of phenolic OH excluding ortho intramolecular Hbond substituents is 1. The highest BCUT2D eigenvalue weighted by molar-refractivity contribution is 7.91. The van der Waals surface area contributed by atoms with E-state index < -0.39 is 9.84 Å². The average molecular weight is 396 g/mol. The van der Waals surface area contributed by atoms with Gasteiger partial charge in [-0.25, -0.2) is 18.4 Å². The molecule has 0 unspecified atom stereocenters. The number of rotatable bonds is 5. The summed E-state index contributed by atoms with van der Waals surface area (Å²) in [5.41, 5.74) is 1.63. The number of aromatic hydroxyl groups is 1. The first kappa shape index (κ1) is 17.9. The van der Waals surface area contributed by atoms with Crippen LogP contribution >= 0.6 is 0 Å². The maximum atomic E-state index is 11.8. The highest BCUT2D eigenvalue weighted by Gasteiger charge is 2.14. The van der Waals surface area contributed by atoms with Crippen molar-refractivity contribution in [1.29, 1.82) is 0 Å². The Kier molecular flexibility index (Phi) is 4.44. The Bertz CT molecular complexity index is 1240. The lowest BCUT2D eigenvalue weighted by molar-refractivity contribution is 0.458. The van der Waals surface area contributed by atoms with Gasteiger partial charge in [0.25, 0.3) is 0 Å². The minimum atomic E-state index is -3.37. The summed E-state index contributed by atoms with van der Waals surface area (Å²) in [6, 6.07) is 11.5. The number of hydrogen-bond donors (Lipinski definition) is 2. The van der Waals surface area contributed by atoms with Crippen molar-refractivity contribution in [3.63, 3.8) is 0 Å². The molecule has 4 rings (SSSR count). The van der Waals surface area contributed by atoms with E-state index in [0.29, 0.717) is 34.1 Å². The molecule has 0 aliphatic carbocycles. The van der Waals surface area contributed by atoms with E-state index >= 15 is 0 Å². The topological polar surface area (TPSA) is 118 Å². The lowest BCUT2D eigenvalue weighted by atomic mass is 10.3. The summed E-state index contributed by atoms with van der Waals surface area (Å²) in [7, 11) is -3.37. The van der Waals surface area contributed by atoms with Gasteiger partial charge in [0.1, 0.15) is 28.5 Å². The number of aromatic amines is 1. The first-order valence-electron chi connectivity index (χ1n) is 8.47. The quantitative estimate of drug-likeness (QED) is 0.531. The molecule has 0 radical (unpaired) electrons. The fourth-order valence-corrected chi connectivity index (χ4v) is 3.44. The van der Waals surface area contributed by atoms with Gasteiger partial charge in [0.2, 0.25) is 0 Å². The molecule has 8 nitrogen and oxygen atoms in total. The van der Waals surface area contributed by atoms with Crippen LogP contribution in [0.2, 0.25) is 0 Å². The van der Waals surface area contributed by atoms with Crippen molar-refractivity contribution in [1.82, 2.24) is 19.9 Å². The van der Waals surface area contributed by atoms with E-state index in [1.54, 1.807) is 25.3 Å². The molecule has 0 aliphatic rings. The molecule has 0 atom stereocenters. The van der Waals surface area contributed by atoms with Gasteiger partial charge in [0.15, 0.2) is 20.7 Å². The SMILES string of the molecule is CCS(=O)(=O)c1ccc(Oc2cc(O)c3nc(-c4ccccn4)[nH]c3c2)cn1. The zero-order valence-electron chi connectivity index (χ0n) is 14.8. The Morgan fingerprint density at radius 1 is 1.11 bits per heavy atom. The van der Waals surface area contributed by atoms with Crippen molar-refractivity contribution in [2.45, 2.75) is 11.9 Å². The minimum Gasteiger partial charge on any atom is -0.505 e. The van der Waals surface area contributed by atoms with E-state index in [-0.39, 0.29) is 16.5 Å². The van der Waals surface area contributed by atoms with Crippen molar-refractivity contribution in [2.24, 2.45) is 0 Å². The molecule has 0 saturated heterocycles. The highest BCUT2D eigenvalue weighted by Crippen LogP contribution is 2.33. The molecule has 9 heteroatoms. The first-order valence-corrected chi connectivity index (χ1v) is 10.1. The molecule has 2 N–H and O–H groups in total. The van der Waals surface area contributed by atoms with Crippen molar-refractivity contribution in [3.8, 4) is 28.8 Å². The Balaban J connectivity index is 1.64. The van der Waals surface area contributed by atoms with E-state index in [1.807, 2.05) is 12.1 Å². The number of sulfone groups is 1. The number of pyridine rings is 2. The summed E-state index contributed by atoms with van der Waals surface area (Å²) >= 11 is 0. The Morgan fingerprint density at radius 3 is 2.64 bits per heavy atom. The summed E-state index contributed by atoms with van der Waals surface area (Å²) in [6.07, 6.45) is 2.99. The molecular formula is C19H16N4O4S. The van der Waals surface area contributed by atoms with Gasteiger partial charge in [-0.05, 0) is 24.3 Å². The van der Waals surface area contributed by atoms with Crippen LogP contribution in [0, 0.1) is 0 Å². The molecule has 0 bridgehead atoms. The number of aromatic nitrogens is 4. The van der Waals surface area contributed by atoms with Crippen LogP contribution in [0.1, 0.15) is 6.92 Å². The van der Waals surface area contributed by atoms with Crippen molar-refractivity contribution in [3.05, 3.63) is 54.9 Å². The van der Waals surface area contributed by atoms with E-state index in [1.165, 1.54) is 24.4 Å². The van der Waals surface area contributed by atoms with Crippen LogP contribution in [0.15, 0.2) is 59.9 Å². The van der Waals surface area contributed by atoms with Crippen LogP contribution in [0.25, 0.3) is 22.6 Å². The Morgan fingerprint density at radius 2 is 1.96 bits per heavy atom. The number of fused-ring (bicyclic) bond motifs is 1. The lowest BCUT2D eigenvalue weighted by Gasteiger charge is -2.07. The second-order valence-electron chi connectivity index (χ2n) is 5.98. The highest BCUT2D eigenvalue weighted by atomic mass is 32.2. The van der Waals surface area contributed by atoms with Crippen molar-refractivity contribution in [2.75, 3.05) is 5.75 Å². The molecule has 0 amide bonds. The monoisotopic (exact) mass is 396 g/mol. The number of imidazole rings is 1. The zero-order valence-corrected chi connectivity index (χ0v) is 15.6. The normalized spacial score (nSPS) is 11.6. The molecule has 4 aromatic rings. The van der Waals surface area contributed by atoms with E-state index in [0.717, 1.165) is 0 Å². The van der Waals surface area contributed by atoms with Crippen molar-refractivity contribution < 1.29 is 18.3 Å². The first-order chi connectivity index (χ1) is 13.5. The van der Waals surface area contributed by atoms with Gasteiger partial charge in [-0.15, -0.1) is 0 Å². The largest absolute Gasteiger partial charge is 0.505 e. The standard InChI is InChI=1S/C19H16N4O4S/c1-2-28(25,26)17-7-6-12(11-21-17)27-13-9-15-18(16(24)10-13)23-19(22-15)14-5-3-4-8-20-14/h3-11,24H,2H2,1H3,(H,22,23). The number of phenols is 1. The van der Waals surface area contributed by atoms with Gasteiger partial charge in [-0.2, -0.15) is 0 Å². The predicted octanol–water partition coefficient (Wildman–Crippen LogP) is 3.31. The van der Waals surface area contributed by atoms with Gasteiger partial charge in [0, 0.05) is 18.3 Å². The Labute approximate surface area is 160 Å².